The second-order valence-corrected chi connectivity index (χ2v) is 5.51. The monoisotopic (exact) mass is 302 g/mol. The third-order valence-corrected chi connectivity index (χ3v) is 3.88. The number of fused-ring (bicyclic) bond motifs is 1. The maximum absolute atomic E-state index is 12.2. The van der Waals surface area contributed by atoms with Crippen LogP contribution in [0.4, 0.5) is 0 Å². The maximum atomic E-state index is 12.2. The quantitative estimate of drug-likeness (QED) is 0.568. The second-order valence-electron chi connectivity index (χ2n) is 5.51. The maximum Gasteiger partial charge on any atom is 0.271 e. The molecule has 3 rings (SSSR count). The Labute approximate surface area is 135 Å². The molecule has 0 spiro atoms. The topological polar surface area (TPSA) is 41.5 Å². The lowest BCUT2D eigenvalue weighted by Gasteiger charge is -2.06. The summed E-state index contributed by atoms with van der Waals surface area (Å²) in [5.74, 6) is -0.191. The summed E-state index contributed by atoms with van der Waals surface area (Å²) >= 11 is 0. The molecule has 0 unspecified atom stereocenters. The highest BCUT2D eigenvalue weighted by Gasteiger charge is 2.07. The highest BCUT2D eigenvalue weighted by Crippen LogP contribution is 2.16. The second kappa shape index (κ2) is 6.44. The molecule has 3 heteroatoms. The van der Waals surface area contributed by atoms with Crippen LogP contribution in [0, 0.1) is 6.92 Å². The molecule has 0 aromatic heterocycles. The lowest BCUT2D eigenvalue weighted by molar-refractivity contribution is 0.0954. The molecule has 114 valence electrons. The summed E-state index contributed by atoms with van der Waals surface area (Å²) in [7, 11) is 0. The first-order valence-corrected chi connectivity index (χ1v) is 7.54. The van der Waals surface area contributed by atoms with Gasteiger partial charge in [0.05, 0.1) is 5.71 Å². The van der Waals surface area contributed by atoms with Gasteiger partial charge in [0.15, 0.2) is 0 Å². The van der Waals surface area contributed by atoms with E-state index in [9.17, 15) is 4.79 Å². The molecule has 0 aliphatic rings. The van der Waals surface area contributed by atoms with Crippen molar-refractivity contribution in [3.63, 3.8) is 0 Å². The Balaban J connectivity index is 1.81. The largest absolute Gasteiger partial charge is 0.271 e. The third kappa shape index (κ3) is 3.29. The molecule has 3 aromatic carbocycles. The SMILES string of the molecule is C/C(=N\NC(=O)c1ccccc1C)c1ccc2ccccc2c1. The molecule has 0 heterocycles. The first-order chi connectivity index (χ1) is 11.1. The van der Waals surface area contributed by atoms with Crippen molar-refractivity contribution in [2.75, 3.05) is 0 Å². The molecule has 23 heavy (non-hydrogen) atoms. The van der Waals surface area contributed by atoms with Crippen molar-refractivity contribution in [3.05, 3.63) is 83.4 Å². The van der Waals surface area contributed by atoms with Crippen LogP contribution >= 0.6 is 0 Å². The van der Waals surface area contributed by atoms with Crippen molar-refractivity contribution < 1.29 is 4.79 Å². The number of benzene rings is 3. The zero-order valence-electron chi connectivity index (χ0n) is 13.2. The number of hydrogen-bond donors (Lipinski definition) is 1. The van der Waals surface area contributed by atoms with Crippen LogP contribution in [-0.4, -0.2) is 11.6 Å². The van der Waals surface area contributed by atoms with Crippen LogP contribution in [0.2, 0.25) is 0 Å². The summed E-state index contributed by atoms with van der Waals surface area (Å²) in [6, 6.07) is 21.8. The number of aryl methyl sites for hydroxylation is 1. The minimum absolute atomic E-state index is 0.191. The van der Waals surface area contributed by atoms with E-state index in [0.29, 0.717) is 5.56 Å². The number of hydrogen-bond acceptors (Lipinski definition) is 2. The first-order valence-electron chi connectivity index (χ1n) is 7.54. The van der Waals surface area contributed by atoms with Gasteiger partial charge in [-0.1, -0.05) is 54.6 Å². The van der Waals surface area contributed by atoms with Crippen LogP contribution < -0.4 is 5.43 Å². The zero-order chi connectivity index (χ0) is 16.2. The van der Waals surface area contributed by atoms with Crippen LogP contribution in [0.3, 0.4) is 0 Å². The average molecular weight is 302 g/mol. The van der Waals surface area contributed by atoms with E-state index in [0.717, 1.165) is 22.2 Å². The Morgan fingerprint density at radius 3 is 2.39 bits per heavy atom. The van der Waals surface area contributed by atoms with Crippen molar-refractivity contribution in [1.29, 1.82) is 0 Å². The average Bonchev–Trinajstić information content (AvgIpc) is 2.59. The van der Waals surface area contributed by atoms with E-state index < -0.39 is 0 Å². The fraction of sp³-hybridized carbons (Fsp3) is 0.100. The number of hydrazone groups is 1. The Morgan fingerprint density at radius 2 is 1.61 bits per heavy atom. The molecule has 0 radical (unpaired) electrons. The molecule has 1 amide bonds. The van der Waals surface area contributed by atoms with Crippen LogP contribution in [0.25, 0.3) is 10.8 Å². The molecule has 0 saturated carbocycles. The van der Waals surface area contributed by atoms with Gasteiger partial charge in [-0.05, 0) is 47.9 Å². The summed E-state index contributed by atoms with van der Waals surface area (Å²) in [6.07, 6.45) is 0. The van der Waals surface area contributed by atoms with E-state index in [2.05, 4.69) is 34.8 Å². The van der Waals surface area contributed by atoms with E-state index >= 15 is 0 Å². The van der Waals surface area contributed by atoms with E-state index in [1.54, 1.807) is 6.07 Å². The predicted octanol–water partition coefficient (Wildman–Crippen LogP) is 4.30. The molecule has 0 aliphatic heterocycles. The van der Waals surface area contributed by atoms with Crippen LogP contribution in [-0.2, 0) is 0 Å². The summed E-state index contributed by atoms with van der Waals surface area (Å²) in [6.45, 7) is 3.80. The highest BCUT2D eigenvalue weighted by atomic mass is 16.2. The zero-order valence-corrected chi connectivity index (χ0v) is 13.2. The molecular weight excluding hydrogens is 284 g/mol. The summed E-state index contributed by atoms with van der Waals surface area (Å²) in [4.78, 5) is 12.2. The molecule has 0 bridgehead atoms. The number of nitrogens with zero attached hydrogens (tertiary/aromatic N) is 1. The van der Waals surface area contributed by atoms with Crippen LogP contribution in [0.1, 0.15) is 28.4 Å². The normalized spacial score (nSPS) is 11.5. The lowest BCUT2D eigenvalue weighted by Crippen LogP contribution is -2.20. The number of carbonyl (C=O) groups excluding carboxylic acids is 1. The van der Waals surface area contributed by atoms with Gasteiger partial charge < -0.3 is 0 Å². The summed E-state index contributed by atoms with van der Waals surface area (Å²) in [5, 5.41) is 6.58. The summed E-state index contributed by atoms with van der Waals surface area (Å²) < 4.78 is 0. The fourth-order valence-electron chi connectivity index (χ4n) is 2.50. The predicted molar refractivity (Wildman–Crippen MR) is 94.8 cm³/mol. The third-order valence-electron chi connectivity index (χ3n) is 3.88. The van der Waals surface area contributed by atoms with Gasteiger partial charge >= 0.3 is 0 Å². The molecular formula is C20H18N2O. The van der Waals surface area contributed by atoms with Gasteiger partial charge in [0, 0.05) is 5.56 Å². The Bertz CT molecular complexity index is 897. The fourth-order valence-corrected chi connectivity index (χ4v) is 2.50. The van der Waals surface area contributed by atoms with Gasteiger partial charge in [-0.25, -0.2) is 5.43 Å². The smallest absolute Gasteiger partial charge is 0.267 e. The Kier molecular flexibility index (Phi) is 4.20. The lowest BCUT2D eigenvalue weighted by atomic mass is 10.0. The van der Waals surface area contributed by atoms with Crippen LogP contribution in [0.5, 0.6) is 0 Å². The van der Waals surface area contributed by atoms with Crippen molar-refractivity contribution in [3.8, 4) is 0 Å². The Hall–Kier alpha value is -2.94. The molecule has 0 atom stereocenters. The molecule has 1 N–H and O–H groups in total. The number of carbonyl (C=O) groups is 1. The van der Waals surface area contributed by atoms with Crippen molar-refractivity contribution in [2.24, 2.45) is 5.10 Å². The number of amides is 1. The van der Waals surface area contributed by atoms with Gasteiger partial charge in [0.1, 0.15) is 0 Å². The highest BCUT2D eigenvalue weighted by molar-refractivity contribution is 6.03. The Morgan fingerprint density at radius 1 is 0.913 bits per heavy atom. The minimum atomic E-state index is -0.191. The van der Waals surface area contributed by atoms with Crippen LogP contribution in [0.15, 0.2) is 71.8 Å². The van der Waals surface area contributed by atoms with Gasteiger partial charge in [0.2, 0.25) is 0 Å². The molecule has 3 nitrogen and oxygen atoms in total. The first kappa shape index (κ1) is 15.0. The molecule has 3 aromatic rings. The van der Waals surface area contributed by atoms with Gasteiger partial charge in [-0.2, -0.15) is 5.10 Å². The van der Waals surface area contributed by atoms with Gasteiger partial charge in [0.25, 0.3) is 5.91 Å². The van der Waals surface area contributed by atoms with E-state index in [-0.39, 0.29) is 5.91 Å². The van der Waals surface area contributed by atoms with Gasteiger partial charge in [-0.3, -0.25) is 4.79 Å². The van der Waals surface area contributed by atoms with E-state index in [1.165, 1.54) is 5.39 Å². The molecule has 0 aliphatic carbocycles. The standard InChI is InChI=1S/C20H18N2O/c1-14-7-3-6-10-19(14)20(23)22-21-15(2)17-12-11-16-8-4-5-9-18(16)13-17/h3-13H,1-2H3,(H,22,23)/b21-15+. The van der Waals surface area contributed by atoms with E-state index in [4.69, 9.17) is 0 Å². The number of nitrogens with one attached hydrogen (secondary N) is 1. The van der Waals surface area contributed by atoms with Crippen molar-refractivity contribution in [1.82, 2.24) is 5.43 Å². The molecule has 0 saturated heterocycles. The minimum Gasteiger partial charge on any atom is -0.267 e. The van der Waals surface area contributed by atoms with Crippen molar-refractivity contribution >= 4 is 22.4 Å². The van der Waals surface area contributed by atoms with Gasteiger partial charge in [-0.15, -0.1) is 0 Å². The number of rotatable bonds is 3. The molecule has 0 fully saturated rings. The van der Waals surface area contributed by atoms with E-state index in [1.807, 2.05) is 50.2 Å². The summed E-state index contributed by atoms with van der Waals surface area (Å²) in [5.41, 5.74) is 5.98. The van der Waals surface area contributed by atoms with Crippen molar-refractivity contribution in [2.45, 2.75) is 13.8 Å².